The number of aromatic nitrogens is 2. The van der Waals surface area contributed by atoms with Gasteiger partial charge in [0.05, 0.1) is 23.5 Å². The molecule has 1 atom stereocenters. The van der Waals surface area contributed by atoms with Crippen LogP contribution in [0.25, 0.3) is 0 Å². The summed E-state index contributed by atoms with van der Waals surface area (Å²) >= 11 is 6.14. The summed E-state index contributed by atoms with van der Waals surface area (Å²) in [6, 6.07) is 7.65. The SMILES string of the molecule is CC(C)N1CCC(/C=C/C(=O)N2CCn3c(C(=O)Nc4ccccc4Cl)cnc3C2)C1. The molecule has 1 saturated heterocycles. The van der Waals surface area contributed by atoms with Gasteiger partial charge in [0.25, 0.3) is 5.91 Å². The standard InChI is InChI=1S/C23H28ClN5O2/c1-16(2)27-10-9-17(14-27)7-8-22(30)28-11-12-29-20(13-25-21(29)15-28)23(31)26-19-6-4-3-5-18(19)24/h3-8,13,16-17H,9-12,14-15H2,1-2H3,(H,26,31)/b8-7+. The van der Waals surface area contributed by atoms with E-state index >= 15 is 0 Å². The molecule has 0 saturated carbocycles. The second-order valence-electron chi connectivity index (χ2n) is 8.40. The molecule has 2 aliphatic rings. The molecule has 2 aliphatic heterocycles. The summed E-state index contributed by atoms with van der Waals surface area (Å²) in [7, 11) is 0. The largest absolute Gasteiger partial charge is 0.330 e. The third-order valence-corrected chi connectivity index (χ3v) is 6.36. The van der Waals surface area contributed by atoms with Crippen molar-refractivity contribution < 1.29 is 9.59 Å². The quantitative estimate of drug-likeness (QED) is 0.722. The Morgan fingerprint density at radius 2 is 2.03 bits per heavy atom. The Hall–Kier alpha value is -2.64. The highest BCUT2D eigenvalue weighted by atomic mass is 35.5. The highest BCUT2D eigenvalue weighted by molar-refractivity contribution is 6.33. The number of fused-ring (bicyclic) bond motifs is 1. The highest BCUT2D eigenvalue weighted by Crippen LogP contribution is 2.23. The van der Waals surface area contributed by atoms with Gasteiger partial charge in [-0.3, -0.25) is 9.59 Å². The number of carbonyl (C=O) groups excluding carboxylic acids is 2. The lowest BCUT2D eigenvalue weighted by Crippen LogP contribution is -2.38. The fourth-order valence-corrected chi connectivity index (χ4v) is 4.33. The van der Waals surface area contributed by atoms with Gasteiger partial charge in [-0.05, 0) is 50.9 Å². The molecule has 4 rings (SSSR count). The Bertz CT molecular complexity index is 1000. The maximum Gasteiger partial charge on any atom is 0.273 e. The number of hydrogen-bond donors (Lipinski definition) is 1. The Labute approximate surface area is 187 Å². The van der Waals surface area contributed by atoms with E-state index in [4.69, 9.17) is 11.6 Å². The highest BCUT2D eigenvalue weighted by Gasteiger charge is 2.26. The van der Waals surface area contributed by atoms with Gasteiger partial charge < -0.3 is 19.7 Å². The van der Waals surface area contributed by atoms with E-state index in [1.54, 1.807) is 29.3 Å². The van der Waals surface area contributed by atoms with Gasteiger partial charge in [0.2, 0.25) is 5.91 Å². The smallest absolute Gasteiger partial charge is 0.273 e. The zero-order chi connectivity index (χ0) is 22.0. The van der Waals surface area contributed by atoms with Crippen LogP contribution >= 0.6 is 11.6 Å². The molecule has 1 aromatic carbocycles. The number of amides is 2. The fourth-order valence-electron chi connectivity index (χ4n) is 4.14. The third kappa shape index (κ3) is 4.83. The molecule has 31 heavy (non-hydrogen) atoms. The predicted octanol–water partition coefficient (Wildman–Crippen LogP) is 3.42. The van der Waals surface area contributed by atoms with Crippen LogP contribution in [-0.4, -0.2) is 56.8 Å². The Morgan fingerprint density at radius 3 is 2.77 bits per heavy atom. The number of halogens is 1. The van der Waals surface area contributed by atoms with E-state index in [1.807, 2.05) is 22.8 Å². The minimum Gasteiger partial charge on any atom is -0.330 e. The monoisotopic (exact) mass is 441 g/mol. The van der Waals surface area contributed by atoms with Crippen LogP contribution in [0.4, 0.5) is 5.69 Å². The minimum absolute atomic E-state index is 0.000633. The molecule has 3 heterocycles. The van der Waals surface area contributed by atoms with Crippen molar-refractivity contribution in [3.63, 3.8) is 0 Å². The van der Waals surface area contributed by atoms with Crippen LogP contribution in [-0.2, 0) is 17.9 Å². The molecule has 1 aromatic heterocycles. The Kier molecular flexibility index (Phi) is 6.43. The van der Waals surface area contributed by atoms with Crippen LogP contribution in [0.15, 0.2) is 42.6 Å². The van der Waals surface area contributed by atoms with Crippen molar-refractivity contribution in [3.05, 3.63) is 59.2 Å². The van der Waals surface area contributed by atoms with Gasteiger partial charge in [-0.1, -0.05) is 29.8 Å². The van der Waals surface area contributed by atoms with Gasteiger partial charge in [0.15, 0.2) is 0 Å². The number of nitrogens with one attached hydrogen (secondary N) is 1. The predicted molar refractivity (Wildman–Crippen MR) is 121 cm³/mol. The van der Waals surface area contributed by atoms with Gasteiger partial charge in [-0.2, -0.15) is 0 Å². The maximum absolute atomic E-state index is 12.7. The first-order valence-electron chi connectivity index (χ1n) is 10.7. The van der Waals surface area contributed by atoms with E-state index in [0.29, 0.717) is 53.8 Å². The molecular weight excluding hydrogens is 414 g/mol. The molecule has 2 amide bonds. The molecule has 0 aliphatic carbocycles. The zero-order valence-electron chi connectivity index (χ0n) is 17.9. The van der Waals surface area contributed by atoms with Crippen LogP contribution in [0, 0.1) is 5.92 Å². The molecule has 0 spiro atoms. The molecule has 8 heteroatoms. The molecule has 7 nitrogen and oxygen atoms in total. The topological polar surface area (TPSA) is 70.5 Å². The van der Waals surface area contributed by atoms with Gasteiger partial charge in [0.1, 0.15) is 11.5 Å². The van der Waals surface area contributed by atoms with Gasteiger partial charge in [0, 0.05) is 25.7 Å². The average molecular weight is 442 g/mol. The van der Waals surface area contributed by atoms with Crippen molar-refractivity contribution in [2.45, 2.75) is 39.4 Å². The summed E-state index contributed by atoms with van der Waals surface area (Å²) in [6.45, 7) is 7.97. The number of anilines is 1. The number of rotatable bonds is 5. The maximum atomic E-state index is 12.7. The molecule has 0 radical (unpaired) electrons. The fraction of sp³-hybridized carbons (Fsp3) is 0.435. The lowest BCUT2D eigenvalue weighted by Gasteiger charge is -2.27. The van der Waals surface area contributed by atoms with Crippen molar-refractivity contribution >= 4 is 29.1 Å². The molecule has 2 aromatic rings. The molecule has 1 unspecified atom stereocenters. The molecule has 1 N–H and O–H groups in total. The van der Waals surface area contributed by atoms with Crippen molar-refractivity contribution in [2.24, 2.45) is 5.92 Å². The second kappa shape index (κ2) is 9.24. The van der Waals surface area contributed by atoms with E-state index in [9.17, 15) is 9.59 Å². The van der Waals surface area contributed by atoms with E-state index < -0.39 is 0 Å². The molecule has 164 valence electrons. The van der Waals surface area contributed by atoms with Crippen molar-refractivity contribution in [1.29, 1.82) is 0 Å². The van der Waals surface area contributed by atoms with E-state index in [0.717, 1.165) is 19.5 Å². The first kappa shape index (κ1) is 21.6. The van der Waals surface area contributed by atoms with Crippen molar-refractivity contribution in [1.82, 2.24) is 19.4 Å². The lowest BCUT2D eigenvalue weighted by molar-refractivity contribution is -0.127. The van der Waals surface area contributed by atoms with Crippen LogP contribution in [0.5, 0.6) is 0 Å². The molecule has 0 bridgehead atoms. The second-order valence-corrected chi connectivity index (χ2v) is 8.81. The third-order valence-electron chi connectivity index (χ3n) is 6.03. The molecule has 1 fully saturated rings. The lowest BCUT2D eigenvalue weighted by atomic mass is 10.1. The number of para-hydroxylation sites is 1. The number of benzene rings is 1. The van der Waals surface area contributed by atoms with Crippen molar-refractivity contribution in [3.8, 4) is 0 Å². The number of carbonyl (C=O) groups is 2. The normalized spacial score (nSPS) is 19.2. The number of nitrogens with zero attached hydrogens (tertiary/aromatic N) is 4. The van der Waals surface area contributed by atoms with Gasteiger partial charge in [-0.15, -0.1) is 0 Å². The van der Waals surface area contributed by atoms with Crippen LogP contribution < -0.4 is 5.32 Å². The average Bonchev–Trinajstić information content (AvgIpc) is 3.40. The first-order valence-corrected chi connectivity index (χ1v) is 11.1. The number of imidazole rings is 1. The summed E-state index contributed by atoms with van der Waals surface area (Å²) in [5.74, 6) is 0.879. The summed E-state index contributed by atoms with van der Waals surface area (Å²) in [5, 5.41) is 3.32. The van der Waals surface area contributed by atoms with Crippen LogP contribution in [0.2, 0.25) is 5.02 Å². The van der Waals surface area contributed by atoms with Crippen LogP contribution in [0.1, 0.15) is 36.6 Å². The summed E-state index contributed by atoms with van der Waals surface area (Å²) in [5.41, 5.74) is 1.03. The summed E-state index contributed by atoms with van der Waals surface area (Å²) in [6.07, 6.45) is 6.41. The van der Waals surface area contributed by atoms with E-state index in [1.165, 1.54) is 0 Å². The first-order chi connectivity index (χ1) is 14.9. The Balaban J connectivity index is 1.37. The van der Waals surface area contributed by atoms with Crippen molar-refractivity contribution in [2.75, 3.05) is 25.0 Å². The number of likely N-dealkylation sites (tertiary alicyclic amines) is 1. The summed E-state index contributed by atoms with van der Waals surface area (Å²) < 4.78 is 1.87. The van der Waals surface area contributed by atoms with E-state index in [2.05, 4.69) is 29.0 Å². The van der Waals surface area contributed by atoms with Gasteiger partial charge in [-0.25, -0.2) is 4.98 Å². The van der Waals surface area contributed by atoms with Crippen LogP contribution in [0.3, 0.4) is 0 Å². The van der Waals surface area contributed by atoms with E-state index in [-0.39, 0.29) is 11.8 Å². The summed E-state index contributed by atoms with van der Waals surface area (Å²) in [4.78, 5) is 34.0. The van der Waals surface area contributed by atoms with Gasteiger partial charge >= 0.3 is 0 Å². The minimum atomic E-state index is -0.262. The molecular formula is C23H28ClN5O2. The number of hydrogen-bond acceptors (Lipinski definition) is 4. The zero-order valence-corrected chi connectivity index (χ0v) is 18.7. The Morgan fingerprint density at radius 1 is 1.23 bits per heavy atom.